The minimum absolute atomic E-state index is 0.0740. The number of hydrogen-bond acceptors (Lipinski definition) is 5. The van der Waals surface area contributed by atoms with Gasteiger partial charge in [0.25, 0.3) is 0 Å². The predicted molar refractivity (Wildman–Crippen MR) is 104 cm³/mol. The maximum atomic E-state index is 12.3. The predicted octanol–water partition coefficient (Wildman–Crippen LogP) is 4.12. The number of anilines is 1. The average molecular weight is 377 g/mol. The van der Waals surface area contributed by atoms with Gasteiger partial charge in [0.2, 0.25) is 0 Å². The summed E-state index contributed by atoms with van der Waals surface area (Å²) in [6.07, 6.45) is 1.19. The van der Waals surface area contributed by atoms with E-state index in [1.807, 2.05) is 45.0 Å². The zero-order valence-electron chi connectivity index (χ0n) is 15.7. The van der Waals surface area contributed by atoms with Gasteiger partial charge in [-0.15, -0.1) is 10.2 Å². The van der Waals surface area contributed by atoms with Crippen molar-refractivity contribution in [3.05, 3.63) is 29.4 Å². The van der Waals surface area contributed by atoms with Crippen molar-refractivity contribution in [2.24, 2.45) is 0 Å². The summed E-state index contributed by atoms with van der Waals surface area (Å²) in [4.78, 5) is 16.1. The van der Waals surface area contributed by atoms with Gasteiger partial charge in [-0.2, -0.15) is 0 Å². The van der Waals surface area contributed by atoms with E-state index < -0.39 is 0 Å². The van der Waals surface area contributed by atoms with Crippen molar-refractivity contribution in [3.63, 3.8) is 0 Å². The summed E-state index contributed by atoms with van der Waals surface area (Å²) in [5.74, 6) is 0.835. The minimum atomic E-state index is -0.271. The third-order valence-corrected chi connectivity index (χ3v) is 5.19. The first-order valence-corrected chi connectivity index (χ1v) is 9.25. The molecule has 0 saturated carbocycles. The lowest BCUT2D eigenvalue weighted by molar-refractivity contribution is 0.0382. The Morgan fingerprint density at radius 3 is 2.42 bits per heavy atom. The molecule has 1 amide bonds. The molecule has 2 heterocycles. The Labute approximate surface area is 159 Å². The van der Waals surface area contributed by atoms with Gasteiger partial charge >= 0.3 is 6.09 Å². The molecule has 0 radical (unpaired) electrons. The van der Waals surface area contributed by atoms with Gasteiger partial charge in [-0.1, -0.05) is 35.9 Å². The Balaban J connectivity index is 1.66. The smallest absolute Gasteiger partial charge is 0.410 e. The third kappa shape index (κ3) is 3.85. The highest BCUT2D eigenvalue weighted by atomic mass is 35.5. The van der Waals surface area contributed by atoms with E-state index in [2.05, 4.69) is 15.1 Å². The van der Waals surface area contributed by atoms with Crippen LogP contribution in [0.4, 0.5) is 10.6 Å². The van der Waals surface area contributed by atoms with Gasteiger partial charge in [-0.3, -0.25) is 0 Å². The molecule has 1 aliphatic rings. The highest BCUT2D eigenvalue weighted by molar-refractivity contribution is 6.34. The van der Waals surface area contributed by atoms with E-state index in [9.17, 15) is 4.79 Å². The molecule has 0 N–H and O–H groups in total. The zero-order chi connectivity index (χ0) is 18.9. The zero-order valence-corrected chi connectivity index (χ0v) is 16.5. The number of rotatable bonds is 2. The van der Waals surface area contributed by atoms with Gasteiger partial charge < -0.3 is 14.5 Å². The summed E-state index contributed by atoms with van der Waals surface area (Å²) in [6, 6.07) is 7.88. The van der Waals surface area contributed by atoms with Gasteiger partial charge in [0, 0.05) is 49.3 Å². The lowest BCUT2D eigenvalue weighted by Crippen LogP contribution is -2.46. The number of carbonyl (C=O) groups excluding carboxylic acids is 1. The van der Waals surface area contributed by atoms with E-state index in [0.29, 0.717) is 5.15 Å². The summed E-state index contributed by atoms with van der Waals surface area (Å²) >= 11 is 6.16. The first-order chi connectivity index (χ1) is 12.3. The average Bonchev–Trinajstić information content (AvgIpc) is 2.62. The first-order valence-electron chi connectivity index (χ1n) is 8.87. The van der Waals surface area contributed by atoms with Gasteiger partial charge in [-0.05, 0) is 20.8 Å². The third-order valence-electron chi connectivity index (χ3n) is 4.91. The number of benzene rings is 1. The van der Waals surface area contributed by atoms with Crippen molar-refractivity contribution in [2.75, 3.05) is 25.0 Å². The fourth-order valence-electron chi connectivity index (χ4n) is 2.97. The van der Waals surface area contributed by atoms with Crippen LogP contribution < -0.4 is 4.90 Å². The second kappa shape index (κ2) is 7.27. The summed E-state index contributed by atoms with van der Waals surface area (Å²) in [5.41, 5.74) is -0.254. The Morgan fingerprint density at radius 1 is 1.19 bits per heavy atom. The second-order valence-corrected chi connectivity index (χ2v) is 8.02. The normalized spacial score (nSPS) is 16.0. The Morgan fingerprint density at radius 2 is 1.81 bits per heavy atom. The first kappa shape index (κ1) is 18.7. The monoisotopic (exact) mass is 376 g/mol. The topological polar surface area (TPSA) is 58.6 Å². The van der Waals surface area contributed by atoms with Crippen LogP contribution in [0, 0.1) is 0 Å². The summed E-state index contributed by atoms with van der Waals surface area (Å²) in [7, 11) is 1.77. The van der Waals surface area contributed by atoms with Crippen LogP contribution in [0.15, 0.2) is 24.3 Å². The molecule has 0 unspecified atom stereocenters. The Hall–Kier alpha value is -2.08. The molecule has 1 aromatic heterocycles. The molecule has 1 aliphatic heterocycles. The molecule has 26 heavy (non-hydrogen) atoms. The highest BCUT2D eigenvalue weighted by Crippen LogP contribution is 2.30. The largest absolute Gasteiger partial charge is 0.446 e. The number of halogens is 1. The summed E-state index contributed by atoms with van der Waals surface area (Å²) in [5, 5.41) is 10.7. The quantitative estimate of drug-likeness (QED) is 0.789. The second-order valence-electron chi connectivity index (χ2n) is 7.66. The van der Waals surface area contributed by atoms with E-state index in [1.54, 1.807) is 11.9 Å². The van der Waals surface area contributed by atoms with E-state index >= 15 is 0 Å². The molecule has 0 atom stereocenters. The van der Waals surface area contributed by atoms with Crippen LogP contribution in [0.25, 0.3) is 10.8 Å². The molecule has 0 aliphatic carbocycles. The van der Waals surface area contributed by atoms with E-state index in [1.165, 1.54) is 0 Å². The van der Waals surface area contributed by atoms with Gasteiger partial charge in [0.15, 0.2) is 11.0 Å². The molecule has 1 fully saturated rings. The van der Waals surface area contributed by atoms with Crippen molar-refractivity contribution < 1.29 is 9.53 Å². The van der Waals surface area contributed by atoms with Crippen molar-refractivity contribution in [2.45, 2.75) is 45.3 Å². The molecule has 0 bridgehead atoms. The van der Waals surface area contributed by atoms with E-state index in [-0.39, 0.29) is 17.7 Å². The lowest BCUT2D eigenvalue weighted by atomic mass is 10.1. The molecule has 1 saturated heterocycles. The van der Waals surface area contributed by atoms with Crippen molar-refractivity contribution in [3.8, 4) is 0 Å². The lowest BCUT2D eigenvalue weighted by Gasteiger charge is -2.36. The standard InChI is InChI=1S/C19H25ClN4O2/c1-19(2,3)23(4)18(25)26-13-9-11-24(12-10-13)17-15-8-6-5-7-14(15)16(20)21-22-17/h5-8,13H,9-12H2,1-4H3. The minimum Gasteiger partial charge on any atom is -0.446 e. The van der Waals surface area contributed by atoms with Gasteiger partial charge in [0.1, 0.15) is 6.10 Å². The van der Waals surface area contributed by atoms with Crippen molar-refractivity contribution in [1.29, 1.82) is 0 Å². The molecule has 6 nitrogen and oxygen atoms in total. The number of aromatic nitrogens is 2. The number of carbonyl (C=O) groups is 1. The number of amides is 1. The SMILES string of the molecule is CN(C(=O)OC1CCN(c2nnc(Cl)c3ccccc23)CC1)C(C)(C)C. The molecule has 2 aromatic rings. The molecule has 3 rings (SSSR count). The highest BCUT2D eigenvalue weighted by Gasteiger charge is 2.29. The molecular formula is C19H25ClN4O2. The van der Waals surface area contributed by atoms with Crippen molar-refractivity contribution >= 4 is 34.3 Å². The summed E-state index contributed by atoms with van der Waals surface area (Å²) in [6.45, 7) is 7.48. The van der Waals surface area contributed by atoms with E-state index in [4.69, 9.17) is 16.3 Å². The van der Waals surface area contributed by atoms with Crippen LogP contribution in [-0.4, -0.2) is 53.0 Å². The molecular weight excluding hydrogens is 352 g/mol. The van der Waals surface area contributed by atoms with Crippen LogP contribution in [0.3, 0.4) is 0 Å². The molecule has 7 heteroatoms. The number of hydrogen-bond donors (Lipinski definition) is 0. The van der Waals surface area contributed by atoms with Crippen LogP contribution in [-0.2, 0) is 4.74 Å². The molecule has 0 spiro atoms. The fraction of sp³-hybridized carbons (Fsp3) is 0.526. The van der Waals surface area contributed by atoms with Crippen LogP contribution >= 0.6 is 11.6 Å². The van der Waals surface area contributed by atoms with Gasteiger partial charge in [-0.25, -0.2) is 4.79 Å². The van der Waals surface area contributed by atoms with Crippen LogP contribution in [0.5, 0.6) is 0 Å². The van der Waals surface area contributed by atoms with Gasteiger partial charge in [0.05, 0.1) is 0 Å². The maximum Gasteiger partial charge on any atom is 0.410 e. The number of nitrogens with zero attached hydrogens (tertiary/aromatic N) is 4. The van der Waals surface area contributed by atoms with Crippen molar-refractivity contribution in [1.82, 2.24) is 15.1 Å². The van der Waals surface area contributed by atoms with Crippen LogP contribution in [0.1, 0.15) is 33.6 Å². The summed E-state index contributed by atoms with van der Waals surface area (Å²) < 4.78 is 5.67. The molecule has 140 valence electrons. The van der Waals surface area contributed by atoms with Crippen LogP contribution in [0.2, 0.25) is 5.15 Å². The maximum absolute atomic E-state index is 12.3. The number of piperidine rings is 1. The number of ether oxygens (including phenoxy) is 1. The fourth-order valence-corrected chi connectivity index (χ4v) is 3.17. The Bertz CT molecular complexity index is 798. The molecule has 1 aromatic carbocycles. The Kier molecular flexibility index (Phi) is 5.23. The van der Waals surface area contributed by atoms with E-state index in [0.717, 1.165) is 42.5 Å². The number of fused-ring (bicyclic) bond motifs is 1.